The highest BCUT2D eigenvalue weighted by atomic mass is 16.6. The summed E-state index contributed by atoms with van der Waals surface area (Å²) in [4.78, 5) is 21.1. The number of aryl methyl sites for hydroxylation is 1. The molecule has 4 rings (SSSR count). The molecule has 3 aromatic rings. The molecular weight excluding hydrogens is 396 g/mol. The number of nitrogens with zero attached hydrogens (tertiary/aromatic N) is 3. The summed E-state index contributed by atoms with van der Waals surface area (Å²) >= 11 is 0. The van der Waals surface area contributed by atoms with Gasteiger partial charge in [0.05, 0.1) is 21.6 Å². The largest absolute Gasteiger partial charge is 0.301 e. The number of benzene rings is 3. The van der Waals surface area contributed by atoms with E-state index in [0.717, 1.165) is 41.2 Å². The second-order valence-electron chi connectivity index (χ2n) is 7.03. The van der Waals surface area contributed by atoms with Crippen molar-refractivity contribution in [3.8, 4) is 0 Å². The maximum absolute atomic E-state index is 11.4. The second-order valence-corrected chi connectivity index (χ2v) is 7.03. The summed E-state index contributed by atoms with van der Waals surface area (Å²) in [6.45, 7) is 0. The first kappa shape index (κ1) is 20.0. The average molecular weight is 414 g/mol. The third kappa shape index (κ3) is 4.32. The third-order valence-electron chi connectivity index (χ3n) is 5.06. The number of fused-ring (bicyclic) bond motifs is 1. The summed E-state index contributed by atoms with van der Waals surface area (Å²) < 4.78 is 0. The highest BCUT2D eigenvalue weighted by Crippen LogP contribution is 2.31. The molecule has 1 N–H and O–H groups in total. The molecule has 0 radical (unpaired) electrons. The summed E-state index contributed by atoms with van der Waals surface area (Å²) in [5.74, 6) is 0. The maximum atomic E-state index is 11.4. The topological polar surface area (TPSA) is 111 Å². The van der Waals surface area contributed by atoms with Crippen LogP contribution in [0.25, 0.3) is 6.08 Å². The molecule has 0 heterocycles. The zero-order valence-electron chi connectivity index (χ0n) is 16.4. The SMILES string of the molecule is O=[N+]([O-])c1ccc(NN=C2/C(=C/c3ccccc3)CCc3ccccc32)c([N+](=O)[O-])c1. The second kappa shape index (κ2) is 8.58. The molecule has 31 heavy (non-hydrogen) atoms. The van der Waals surface area contributed by atoms with Crippen LogP contribution in [0.5, 0.6) is 0 Å². The van der Waals surface area contributed by atoms with E-state index >= 15 is 0 Å². The quantitative estimate of drug-likeness (QED) is 0.447. The maximum Gasteiger partial charge on any atom is 0.301 e. The van der Waals surface area contributed by atoms with Gasteiger partial charge in [-0.15, -0.1) is 0 Å². The van der Waals surface area contributed by atoms with Crippen LogP contribution in [0.2, 0.25) is 0 Å². The monoisotopic (exact) mass is 414 g/mol. The van der Waals surface area contributed by atoms with Crippen molar-refractivity contribution in [3.63, 3.8) is 0 Å². The molecule has 0 atom stereocenters. The average Bonchev–Trinajstić information content (AvgIpc) is 2.78. The lowest BCUT2D eigenvalue weighted by Crippen LogP contribution is -2.17. The van der Waals surface area contributed by atoms with Crippen molar-refractivity contribution in [2.24, 2.45) is 5.10 Å². The first-order chi connectivity index (χ1) is 15.0. The van der Waals surface area contributed by atoms with E-state index in [9.17, 15) is 20.2 Å². The Morgan fingerprint density at radius 1 is 0.871 bits per heavy atom. The molecule has 8 heteroatoms. The molecule has 0 saturated heterocycles. The summed E-state index contributed by atoms with van der Waals surface area (Å²) in [6, 6.07) is 21.2. The van der Waals surface area contributed by atoms with Crippen molar-refractivity contribution in [1.82, 2.24) is 0 Å². The van der Waals surface area contributed by atoms with Gasteiger partial charge in [0.1, 0.15) is 5.69 Å². The molecule has 8 nitrogen and oxygen atoms in total. The number of allylic oxidation sites excluding steroid dienone is 1. The van der Waals surface area contributed by atoms with E-state index in [1.54, 1.807) is 0 Å². The first-order valence-corrected chi connectivity index (χ1v) is 9.64. The zero-order chi connectivity index (χ0) is 21.8. The fraction of sp³-hybridized carbons (Fsp3) is 0.0870. The van der Waals surface area contributed by atoms with E-state index in [4.69, 9.17) is 0 Å². The van der Waals surface area contributed by atoms with E-state index in [-0.39, 0.29) is 11.4 Å². The van der Waals surface area contributed by atoms with Crippen molar-refractivity contribution in [3.05, 3.63) is 115 Å². The fourth-order valence-electron chi connectivity index (χ4n) is 3.55. The normalized spacial score (nSPS) is 15.5. The van der Waals surface area contributed by atoms with Gasteiger partial charge in [-0.05, 0) is 41.7 Å². The Balaban J connectivity index is 1.77. The lowest BCUT2D eigenvalue weighted by molar-refractivity contribution is -0.393. The van der Waals surface area contributed by atoms with Crippen molar-refractivity contribution in [2.75, 3.05) is 5.43 Å². The number of nitro groups is 2. The van der Waals surface area contributed by atoms with Gasteiger partial charge in [-0.1, -0.05) is 54.6 Å². The van der Waals surface area contributed by atoms with E-state index in [1.165, 1.54) is 12.1 Å². The molecule has 0 unspecified atom stereocenters. The van der Waals surface area contributed by atoms with Gasteiger partial charge in [0.2, 0.25) is 0 Å². The van der Waals surface area contributed by atoms with Crippen molar-refractivity contribution in [2.45, 2.75) is 12.8 Å². The number of nitro benzene ring substituents is 2. The van der Waals surface area contributed by atoms with Gasteiger partial charge in [0.25, 0.3) is 5.69 Å². The molecule has 0 fully saturated rings. The standard InChI is InChI=1S/C23H18N4O4/c28-26(29)19-12-13-21(22(15-19)27(30)31)24-25-23-18(14-16-6-2-1-3-7-16)11-10-17-8-4-5-9-20(17)23/h1-9,12-15,24H,10-11H2/b18-14+,25-23?. The van der Waals surface area contributed by atoms with Crippen LogP contribution in [0.3, 0.4) is 0 Å². The summed E-state index contributed by atoms with van der Waals surface area (Å²) in [6.07, 6.45) is 3.70. The lowest BCUT2D eigenvalue weighted by Gasteiger charge is -2.21. The van der Waals surface area contributed by atoms with Crippen LogP contribution < -0.4 is 5.43 Å². The number of nitrogens with one attached hydrogen (secondary N) is 1. The summed E-state index contributed by atoms with van der Waals surface area (Å²) in [7, 11) is 0. The van der Waals surface area contributed by atoms with Gasteiger partial charge < -0.3 is 0 Å². The summed E-state index contributed by atoms with van der Waals surface area (Å²) in [5.41, 5.74) is 6.93. The number of hydrogen-bond donors (Lipinski definition) is 1. The van der Waals surface area contributed by atoms with Crippen LogP contribution in [-0.2, 0) is 6.42 Å². The van der Waals surface area contributed by atoms with Crippen molar-refractivity contribution in [1.29, 1.82) is 0 Å². The van der Waals surface area contributed by atoms with Crippen molar-refractivity contribution < 1.29 is 9.85 Å². The fourth-order valence-corrected chi connectivity index (χ4v) is 3.55. The van der Waals surface area contributed by atoms with Gasteiger partial charge in [-0.2, -0.15) is 5.10 Å². The minimum atomic E-state index is -0.666. The predicted molar refractivity (Wildman–Crippen MR) is 119 cm³/mol. The number of non-ortho nitro benzene ring substituents is 1. The first-order valence-electron chi connectivity index (χ1n) is 9.64. The van der Waals surface area contributed by atoms with Gasteiger partial charge in [0, 0.05) is 11.6 Å². The zero-order valence-corrected chi connectivity index (χ0v) is 16.4. The lowest BCUT2D eigenvalue weighted by atomic mass is 9.85. The van der Waals surface area contributed by atoms with Crippen molar-refractivity contribution >= 4 is 28.8 Å². The Morgan fingerprint density at radius 3 is 2.35 bits per heavy atom. The molecule has 0 aromatic heterocycles. The molecule has 154 valence electrons. The molecule has 1 aliphatic rings. The van der Waals surface area contributed by atoms with Crippen LogP contribution in [0, 0.1) is 20.2 Å². The van der Waals surface area contributed by atoms with Crippen LogP contribution in [0.4, 0.5) is 17.1 Å². The molecule has 0 spiro atoms. The number of rotatable bonds is 5. The summed E-state index contributed by atoms with van der Waals surface area (Å²) in [5, 5.41) is 26.9. The van der Waals surface area contributed by atoms with Crippen LogP contribution >= 0.6 is 0 Å². The van der Waals surface area contributed by atoms with Gasteiger partial charge >= 0.3 is 5.69 Å². The van der Waals surface area contributed by atoms with Crippen LogP contribution in [-0.4, -0.2) is 15.6 Å². The van der Waals surface area contributed by atoms with Crippen LogP contribution in [0.15, 0.2) is 83.5 Å². The van der Waals surface area contributed by atoms with Gasteiger partial charge in [-0.3, -0.25) is 25.7 Å². The Bertz CT molecular complexity index is 1220. The minimum Gasteiger partial charge on any atom is -0.271 e. The Hall–Kier alpha value is -4.33. The molecule has 1 aliphatic carbocycles. The molecule has 0 bridgehead atoms. The highest BCUT2D eigenvalue weighted by Gasteiger charge is 2.22. The molecule has 0 saturated carbocycles. The predicted octanol–water partition coefficient (Wildman–Crippen LogP) is 5.35. The Labute approximate surface area is 177 Å². The van der Waals surface area contributed by atoms with E-state index in [1.807, 2.05) is 54.6 Å². The molecule has 0 amide bonds. The number of anilines is 1. The molecule has 3 aromatic carbocycles. The Kier molecular flexibility index (Phi) is 5.53. The third-order valence-corrected chi connectivity index (χ3v) is 5.06. The number of hydrogen-bond acceptors (Lipinski definition) is 6. The van der Waals surface area contributed by atoms with Gasteiger partial charge in [0.15, 0.2) is 0 Å². The van der Waals surface area contributed by atoms with E-state index < -0.39 is 15.5 Å². The highest BCUT2D eigenvalue weighted by molar-refractivity contribution is 6.17. The molecular formula is C23H18N4O4. The van der Waals surface area contributed by atoms with Gasteiger partial charge in [-0.25, -0.2) is 0 Å². The number of hydrazone groups is 1. The van der Waals surface area contributed by atoms with E-state index in [2.05, 4.69) is 16.6 Å². The molecule has 0 aliphatic heterocycles. The smallest absolute Gasteiger partial charge is 0.271 e. The van der Waals surface area contributed by atoms with Crippen LogP contribution in [0.1, 0.15) is 23.1 Å². The van der Waals surface area contributed by atoms with E-state index in [0.29, 0.717) is 5.71 Å². The minimum absolute atomic E-state index is 0.0882. The Morgan fingerprint density at radius 2 is 1.61 bits per heavy atom.